The Morgan fingerprint density at radius 2 is 1.78 bits per heavy atom. The maximum Gasteiger partial charge on any atom is 0.326 e. The first-order chi connectivity index (χ1) is 10.5. The maximum atomic E-state index is 11.9. The monoisotopic (exact) mass is 363 g/mol. The van der Waals surface area contributed by atoms with Crippen molar-refractivity contribution >= 4 is 31.3 Å². The second kappa shape index (κ2) is 7.31. The molecular formula is C14H21NO6S2. The van der Waals surface area contributed by atoms with Gasteiger partial charge in [-0.1, -0.05) is 19.8 Å². The highest BCUT2D eigenvalue weighted by Crippen LogP contribution is 2.26. The molecule has 0 amide bonds. The third-order valence-electron chi connectivity index (χ3n) is 3.25. The predicted octanol–water partition coefficient (Wildman–Crippen LogP) is 1.55. The number of hydrogen-bond acceptors (Lipinski definition) is 6. The number of hydrogen-bond donors (Lipinski definition) is 2. The first-order valence-electron chi connectivity index (χ1n) is 7.00. The molecule has 0 aliphatic rings. The number of rotatable bonds is 8. The summed E-state index contributed by atoms with van der Waals surface area (Å²) in [5, 5.41) is 11.9. The third-order valence-corrected chi connectivity index (χ3v) is 5.50. The minimum atomic E-state index is -3.73. The Labute approximate surface area is 136 Å². The van der Waals surface area contributed by atoms with Crippen LogP contribution in [0.1, 0.15) is 26.2 Å². The summed E-state index contributed by atoms with van der Waals surface area (Å²) in [6, 6.07) is 2.64. The molecule has 1 rings (SSSR count). The minimum Gasteiger partial charge on any atom is -0.480 e. The van der Waals surface area contributed by atoms with E-state index in [1.165, 1.54) is 12.1 Å². The van der Waals surface area contributed by atoms with E-state index in [0.717, 1.165) is 25.0 Å². The molecule has 9 heteroatoms. The molecule has 1 atom stereocenters. The number of carbonyl (C=O) groups is 1. The fraction of sp³-hybridized carbons (Fsp3) is 0.500. The molecule has 0 aromatic heterocycles. The van der Waals surface area contributed by atoms with Crippen molar-refractivity contribution in [2.45, 2.75) is 42.0 Å². The molecule has 1 aromatic rings. The van der Waals surface area contributed by atoms with Gasteiger partial charge in [0.2, 0.25) is 0 Å². The molecule has 0 heterocycles. The van der Waals surface area contributed by atoms with E-state index in [-0.39, 0.29) is 15.5 Å². The lowest BCUT2D eigenvalue weighted by molar-refractivity contribution is -0.138. The standard InChI is InChI=1S/C14H21NO6S2/c1-4-5-6-12(14(16)17)15-11-8-7-10(22(2,18)19)9-13(11)23(3,20)21/h7-9,12,15H,4-6H2,1-3H3,(H,16,17)/t12-/m0/s1. The number of nitrogens with one attached hydrogen (secondary N) is 1. The van der Waals surface area contributed by atoms with Gasteiger partial charge in [0.1, 0.15) is 6.04 Å². The van der Waals surface area contributed by atoms with Crippen molar-refractivity contribution < 1.29 is 26.7 Å². The van der Waals surface area contributed by atoms with E-state index < -0.39 is 31.7 Å². The van der Waals surface area contributed by atoms with Crippen LogP contribution in [0.5, 0.6) is 0 Å². The number of carboxylic acids is 1. The SMILES string of the molecule is CCCC[C@H](Nc1ccc(S(C)(=O)=O)cc1S(C)(=O)=O)C(=O)O. The molecule has 1 aromatic carbocycles. The van der Waals surface area contributed by atoms with Crippen LogP contribution in [0.25, 0.3) is 0 Å². The smallest absolute Gasteiger partial charge is 0.326 e. The van der Waals surface area contributed by atoms with Crippen LogP contribution in [0.2, 0.25) is 0 Å². The molecule has 0 aliphatic carbocycles. The predicted molar refractivity (Wildman–Crippen MR) is 87.2 cm³/mol. The van der Waals surface area contributed by atoms with Crippen LogP contribution in [-0.2, 0) is 24.5 Å². The number of unbranched alkanes of at least 4 members (excludes halogenated alkanes) is 1. The summed E-state index contributed by atoms with van der Waals surface area (Å²) in [6.07, 6.45) is 3.73. The Hall–Kier alpha value is -1.61. The number of sulfone groups is 2. The molecule has 0 bridgehead atoms. The van der Waals surface area contributed by atoms with Crippen LogP contribution in [0.15, 0.2) is 28.0 Å². The summed E-state index contributed by atoms with van der Waals surface area (Å²) in [4.78, 5) is 10.9. The summed E-state index contributed by atoms with van der Waals surface area (Å²) in [7, 11) is -7.30. The molecule has 0 saturated heterocycles. The Kier molecular flexibility index (Phi) is 6.18. The summed E-state index contributed by atoms with van der Waals surface area (Å²) >= 11 is 0. The molecule has 0 aliphatic heterocycles. The van der Waals surface area contributed by atoms with E-state index in [0.29, 0.717) is 12.8 Å². The van der Waals surface area contributed by atoms with Crippen LogP contribution in [0.4, 0.5) is 5.69 Å². The second-order valence-electron chi connectivity index (χ2n) is 5.38. The molecule has 0 radical (unpaired) electrons. The molecule has 130 valence electrons. The quantitative estimate of drug-likeness (QED) is 0.719. The maximum absolute atomic E-state index is 11.9. The number of benzene rings is 1. The van der Waals surface area contributed by atoms with Gasteiger partial charge in [0.05, 0.1) is 15.5 Å². The van der Waals surface area contributed by atoms with Crippen molar-refractivity contribution in [2.24, 2.45) is 0 Å². The fourth-order valence-corrected chi connectivity index (χ4v) is 3.60. The molecule has 7 nitrogen and oxygen atoms in total. The highest BCUT2D eigenvalue weighted by Gasteiger charge is 2.22. The van der Waals surface area contributed by atoms with Crippen molar-refractivity contribution in [1.29, 1.82) is 0 Å². The Bertz CT molecular complexity index is 783. The van der Waals surface area contributed by atoms with E-state index in [2.05, 4.69) is 5.32 Å². The van der Waals surface area contributed by atoms with E-state index in [4.69, 9.17) is 0 Å². The Morgan fingerprint density at radius 3 is 2.22 bits per heavy atom. The van der Waals surface area contributed by atoms with Gasteiger partial charge in [-0.2, -0.15) is 0 Å². The van der Waals surface area contributed by atoms with Crippen LogP contribution in [-0.4, -0.2) is 46.5 Å². The van der Waals surface area contributed by atoms with E-state index in [1.54, 1.807) is 0 Å². The van der Waals surface area contributed by atoms with E-state index >= 15 is 0 Å². The highest BCUT2D eigenvalue weighted by atomic mass is 32.2. The van der Waals surface area contributed by atoms with Crippen molar-refractivity contribution in [3.05, 3.63) is 18.2 Å². The van der Waals surface area contributed by atoms with Crippen LogP contribution in [0.3, 0.4) is 0 Å². The largest absolute Gasteiger partial charge is 0.480 e. The fourth-order valence-electron chi connectivity index (χ4n) is 2.01. The normalized spacial score (nSPS) is 13.5. The van der Waals surface area contributed by atoms with Gasteiger partial charge in [0.15, 0.2) is 19.7 Å². The second-order valence-corrected chi connectivity index (χ2v) is 9.38. The van der Waals surface area contributed by atoms with Crippen molar-refractivity contribution in [3.8, 4) is 0 Å². The van der Waals surface area contributed by atoms with Crippen molar-refractivity contribution in [2.75, 3.05) is 17.8 Å². The molecule has 0 unspecified atom stereocenters. The van der Waals surface area contributed by atoms with Crippen LogP contribution < -0.4 is 5.32 Å². The van der Waals surface area contributed by atoms with Gasteiger partial charge in [-0.05, 0) is 24.6 Å². The third kappa shape index (κ3) is 5.51. The molecule has 2 N–H and O–H groups in total. The Balaban J connectivity index is 3.33. The highest BCUT2D eigenvalue weighted by molar-refractivity contribution is 7.91. The van der Waals surface area contributed by atoms with E-state index in [9.17, 15) is 26.7 Å². The van der Waals surface area contributed by atoms with Crippen LogP contribution >= 0.6 is 0 Å². The summed E-state index contributed by atoms with van der Waals surface area (Å²) < 4.78 is 47.0. The zero-order chi connectivity index (χ0) is 17.8. The van der Waals surface area contributed by atoms with Crippen LogP contribution in [0, 0.1) is 0 Å². The molecule has 0 saturated carbocycles. The van der Waals surface area contributed by atoms with Gasteiger partial charge >= 0.3 is 5.97 Å². The summed E-state index contributed by atoms with van der Waals surface area (Å²) in [6.45, 7) is 1.92. The molecular weight excluding hydrogens is 342 g/mol. The van der Waals surface area contributed by atoms with Gasteiger partial charge in [-0.3, -0.25) is 0 Å². The van der Waals surface area contributed by atoms with Gasteiger partial charge in [-0.25, -0.2) is 21.6 Å². The van der Waals surface area contributed by atoms with Crippen molar-refractivity contribution in [1.82, 2.24) is 0 Å². The van der Waals surface area contributed by atoms with Gasteiger partial charge in [0, 0.05) is 12.5 Å². The summed E-state index contributed by atoms with van der Waals surface area (Å²) in [5.41, 5.74) is 0.0865. The average molecular weight is 363 g/mol. The Morgan fingerprint density at radius 1 is 1.17 bits per heavy atom. The average Bonchev–Trinajstić information content (AvgIpc) is 2.40. The number of carboxylic acid groups (broad SMARTS) is 1. The van der Waals surface area contributed by atoms with Gasteiger partial charge < -0.3 is 10.4 Å². The van der Waals surface area contributed by atoms with Gasteiger partial charge in [0.25, 0.3) is 0 Å². The zero-order valence-electron chi connectivity index (χ0n) is 13.2. The summed E-state index contributed by atoms with van der Waals surface area (Å²) in [5.74, 6) is -1.09. The first kappa shape index (κ1) is 19.4. The molecule has 0 spiro atoms. The van der Waals surface area contributed by atoms with E-state index in [1.807, 2.05) is 6.92 Å². The van der Waals surface area contributed by atoms with Crippen molar-refractivity contribution in [3.63, 3.8) is 0 Å². The lowest BCUT2D eigenvalue weighted by atomic mass is 10.1. The minimum absolute atomic E-state index is 0.0865. The topological polar surface area (TPSA) is 118 Å². The van der Waals surface area contributed by atoms with Gasteiger partial charge in [-0.15, -0.1) is 0 Å². The zero-order valence-corrected chi connectivity index (χ0v) is 14.9. The lowest BCUT2D eigenvalue weighted by Crippen LogP contribution is -2.29. The number of aliphatic carboxylic acids is 1. The molecule has 0 fully saturated rings. The lowest BCUT2D eigenvalue weighted by Gasteiger charge is -2.18. The first-order valence-corrected chi connectivity index (χ1v) is 10.8. The molecule has 23 heavy (non-hydrogen) atoms. The number of anilines is 1.